The number of aryl methyl sites for hydroxylation is 1. The summed E-state index contributed by atoms with van der Waals surface area (Å²) in [6, 6.07) is 7.22. The van der Waals surface area contributed by atoms with Crippen LogP contribution in [0.2, 0.25) is 0 Å². The molecule has 102 valence electrons. The average Bonchev–Trinajstić information content (AvgIpc) is 2.64. The lowest BCUT2D eigenvalue weighted by Gasteiger charge is -2.09. The van der Waals surface area contributed by atoms with E-state index in [-0.39, 0.29) is 4.90 Å². The van der Waals surface area contributed by atoms with E-state index < -0.39 is 9.05 Å². The van der Waals surface area contributed by atoms with Crippen molar-refractivity contribution < 1.29 is 13.2 Å². The van der Waals surface area contributed by atoms with Gasteiger partial charge in [-0.25, -0.2) is 13.1 Å². The Bertz CT molecular complexity index is 723. The molecule has 0 saturated heterocycles. The summed E-state index contributed by atoms with van der Waals surface area (Å²) in [6.45, 7) is 3.26. The predicted molar refractivity (Wildman–Crippen MR) is 72.6 cm³/mol. The van der Waals surface area contributed by atoms with E-state index in [1.807, 2.05) is 12.1 Å². The number of benzene rings is 1. The van der Waals surface area contributed by atoms with Gasteiger partial charge in [0.1, 0.15) is 16.3 Å². The minimum Gasteiger partial charge on any atom is -0.494 e. The molecule has 0 atom stereocenters. The highest BCUT2D eigenvalue weighted by Crippen LogP contribution is 2.29. The van der Waals surface area contributed by atoms with Gasteiger partial charge in [0.25, 0.3) is 9.05 Å². The molecular formula is C12H13ClN2O3S. The van der Waals surface area contributed by atoms with Crippen LogP contribution in [0.1, 0.15) is 11.4 Å². The van der Waals surface area contributed by atoms with E-state index in [2.05, 4.69) is 5.10 Å². The van der Waals surface area contributed by atoms with Gasteiger partial charge in [0, 0.05) is 10.7 Å². The van der Waals surface area contributed by atoms with Crippen molar-refractivity contribution in [2.24, 2.45) is 0 Å². The molecule has 19 heavy (non-hydrogen) atoms. The minimum atomic E-state index is -3.82. The molecule has 0 radical (unpaired) electrons. The maximum Gasteiger partial charge on any atom is 0.264 e. The first-order chi connectivity index (χ1) is 8.86. The third-order valence-corrected chi connectivity index (χ3v) is 4.32. The van der Waals surface area contributed by atoms with Crippen molar-refractivity contribution in [2.75, 3.05) is 7.11 Å². The number of aromatic nitrogens is 2. The van der Waals surface area contributed by atoms with Crippen molar-refractivity contribution >= 4 is 19.7 Å². The second-order valence-corrected chi connectivity index (χ2v) is 6.52. The van der Waals surface area contributed by atoms with Gasteiger partial charge in [0.05, 0.1) is 18.5 Å². The van der Waals surface area contributed by atoms with Gasteiger partial charge in [-0.05, 0) is 26.0 Å². The first-order valence-electron chi connectivity index (χ1n) is 5.50. The Labute approximate surface area is 116 Å². The molecule has 2 aromatic rings. The summed E-state index contributed by atoms with van der Waals surface area (Å²) in [5.41, 5.74) is 1.48. The van der Waals surface area contributed by atoms with Crippen molar-refractivity contribution in [1.82, 2.24) is 9.78 Å². The second kappa shape index (κ2) is 4.86. The average molecular weight is 301 g/mol. The molecule has 0 bridgehead atoms. The number of halogens is 1. The van der Waals surface area contributed by atoms with Crippen LogP contribution in [0.3, 0.4) is 0 Å². The van der Waals surface area contributed by atoms with E-state index in [1.165, 1.54) is 4.68 Å². The molecule has 0 aliphatic heterocycles. The third kappa shape index (κ3) is 2.46. The highest BCUT2D eigenvalue weighted by molar-refractivity contribution is 8.13. The monoisotopic (exact) mass is 300 g/mol. The molecule has 2 rings (SSSR count). The summed E-state index contributed by atoms with van der Waals surface area (Å²) in [6.07, 6.45) is 0. The van der Waals surface area contributed by atoms with Gasteiger partial charge in [0.2, 0.25) is 0 Å². The van der Waals surface area contributed by atoms with Crippen LogP contribution in [0.5, 0.6) is 5.75 Å². The summed E-state index contributed by atoms with van der Waals surface area (Å²) in [5, 5.41) is 4.23. The summed E-state index contributed by atoms with van der Waals surface area (Å²) >= 11 is 0. The number of nitrogens with zero attached hydrogens (tertiary/aromatic N) is 2. The van der Waals surface area contributed by atoms with Gasteiger partial charge in [-0.1, -0.05) is 12.1 Å². The fourth-order valence-corrected chi connectivity index (χ4v) is 3.52. The number of hydrogen-bond donors (Lipinski definition) is 0. The van der Waals surface area contributed by atoms with Gasteiger partial charge < -0.3 is 4.74 Å². The number of rotatable bonds is 3. The molecule has 5 nitrogen and oxygen atoms in total. The van der Waals surface area contributed by atoms with Crippen LogP contribution in [0.15, 0.2) is 29.2 Å². The van der Waals surface area contributed by atoms with Gasteiger partial charge in [-0.2, -0.15) is 5.10 Å². The first kappa shape index (κ1) is 13.9. The lowest BCUT2D eigenvalue weighted by atomic mass is 10.3. The first-order valence-corrected chi connectivity index (χ1v) is 7.81. The van der Waals surface area contributed by atoms with Crippen molar-refractivity contribution in [3.8, 4) is 11.4 Å². The van der Waals surface area contributed by atoms with E-state index in [1.54, 1.807) is 33.1 Å². The molecule has 1 heterocycles. The maximum absolute atomic E-state index is 11.6. The zero-order chi connectivity index (χ0) is 14.2. The second-order valence-electron chi connectivity index (χ2n) is 4.02. The minimum absolute atomic E-state index is 0.0417. The quantitative estimate of drug-likeness (QED) is 0.817. The van der Waals surface area contributed by atoms with Gasteiger partial charge in [-0.3, -0.25) is 0 Å². The Hall–Kier alpha value is -1.53. The van der Waals surface area contributed by atoms with Crippen molar-refractivity contribution in [1.29, 1.82) is 0 Å². The van der Waals surface area contributed by atoms with Crippen LogP contribution in [0.25, 0.3) is 5.69 Å². The Kier molecular flexibility index (Phi) is 3.56. The smallest absolute Gasteiger partial charge is 0.264 e. The SMILES string of the molecule is COc1ccccc1-n1nc(C)c(S(=O)(=O)Cl)c1C. The van der Waals surface area contributed by atoms with Crippen molar-refractivity contribution in [2.45, 2.75) is 18.7 Å². The molecule has 0 N–H and O–H groups in total. The zero-order valence-corrected chi connectivity index (χ0v) is 12.3. The molecule has 0 amide bonds. The molecule has 1 aromatic carbocycles. The molecule has 1 aromatic heterocycles. The lowest BCUT2D eigenvalue weighted by Crippen LogP contribution is -2.02. The molecule has 7 heteroatoms. The Balaban J connectivity index is 2.72. The van der Waals surface area contributed by atoms with E-state index in [9.17, 15) is 8.42 Å². The van der Waals surface area contributed by atoms with Crippen molar-refractivity contribution in [3.63, 3.8) is 0 Å². The number of ether oxygens (including phenoxy) is 1. The third-order valence-electron chi connectivity index (χ3n) is 2.78. The Morgan fingerprint density at radius 3 is 2.42 bits per heavy atom. The van der Waals surface area contributed by atoms with Crippen LogP contribution in [-0.4, -0.2) is 25.3 Å². The molecule has 0 saturated carbocycles. The van der Waals surface area contributed by atoms with Gasteiger partial charge in [0.15, 0.2) is 0 Å². The largest absolute Gasteiger partial charge is 0.494 e. The van der Waals surface area contributed by atoms with E-state index >= 15 is 0 Å². The molecule has 0 unspecified atom stereocenters. The maximum atomic E-state index is 11.6. The van der Waals surface area contributed by atoms with E-state index in [0.717, 1.165) is 0 Å². The Morgan fingerprint density at radius 1 is 1.26 bits per heavy atom. The topological polar surface area (TPSA) is 61.2 Å². The van der Waals surface area contributed by atoms with Crippen LogP contribution in [0, 0.1) is 13.8 Å². The number of hydrogen-bond acceptors (Lipinski definition) is 4. The van der Waals surface area contributed by atoms with E-state index in [0.29, 0.717) is 22.8 Å². The van der Waals surface area contributed by atoms with Gasteiger partial charge >= 0.3 is 0 Å². The summed E-state index contributed by atoms with van der Waals surface area (Å²) < 4.78 is 29.9. The summed E-state index contributed by atoms with van der Waals surface area (Å²) in [7, 11) is 3.15. The summed E-state index contributed by atoms with van der Waals surface area (Å²) in [4.78, 5) is 0.0417. The fraction of sp³-hybridized carbons (Fsp3) is 0.250. The highest BCUT2D eigenvalue weighted by atomic mass is 35.7. The molecule has 0 aliphatic rings. The van der Waals surface area contributed by atoms with Crippen LogP contribution < -0.4 is 4.74 Å². The normalized spacial score (nSPS) is 11.6. The molecular weight excluding hydrogens is 288 g/mol. The highest BCUT2D eigenvalue weighted by Gasteiger charge is 2.23. The van der Waals surface area contributed by atoms with Crippen LogP contribution >= 0.6 is 10.7 Å². The molecule has 0 spiro atoms. The fourth-order valence-electron chi connectivity index (χ4n) is 2.02. The number of methoxy groups -OCH3 is 1. The summed E-state index contributed by atoms with van der Waals surface area (Å²) in [5.74, 6) is 0.603. The van der Waals surface area contributed by atoms with E-state index in [4.69, 9.17) is 15.4 Å². The number of para-hydroxylation sites is 2. The van der Waals surface area contributed by atoms with Crippen molar-refractivity contribution in [3.05, 3.63) is 35.7 Å². The van der Waals surface area contributed by atoms with Crippen LogP contribution in [0.4, 0.5) is 0 Å². The van der Waals surface area contributed by atoms with Gasteiger partial charge in [-0.15, -0.1) is 0 Å². The predicted octanol–water partition coefficient (Wildman–Crippen LogP) is 2.43. The molecule has 0 fully saturated rings. The standard InChI is InChI=1S/C12H13ClN2O3S/c1-8-12(19(13,16)17)9(2)15(14-8)10-6-4-5-7-11(10)18-3/h4-7H,1-3H3. The lowest BCUT2D eigenvalue weighted by molar-refractivity contribution is 0.411. The Morgan fingerprint density at radius 2 is 1.89 bits per heavy atom. The zero-order valence-electron chi connectivity index (χ0n) is 10.7. The van der Waals surface area contributed by atoms with Crippen LogP contribution in [-0.2, 0) is 9.05 Å². The molecule has 0 aliphatic carbocycles.